The van der Waals surface area contributed by atoms with Crippen LogP contribution in [0.4, 0.5) is 0 Å². The van der Waals surface area contributed by atoms with E-state index in [1.165, 1.54) is 0 Å². The summed E-state index contributed by atoms with van der Waals surface area (Å²) in [6.07, 6.45) is 1.13. The lowest BCUT2D eigenvalue weighted by molar-refractivity contribution is -0.124. The smallest absolute Gasteiger partial charge is 0.255 e. The number of pyridine rings is 1. The molecule has 2 atom stereocenters. The average Bonchev–Trinajstić information content (AvgIpc) is 3.09. The highest BCUT2D eigenvalue weighted by Crippen LogP contribution is 2.36. The van der Waals surface area contributed by atoms with Crippen molar-refractivity contribution >= 4 is 17.5 Å². The number of hydrogen-bond donors (Lipinski definition) is 1. The van der Waals surface area contributed by atoms with Crippen molar-refractivity contribution in [1.29, 1.82) is 0 Å². The largest absolute Gasteiger partial charge is 0.448 e. The Labute approximate surface area is 174 Å². The van der Waals surface area contributed by atoms with Gasteiger partial charge in [0.05, 0.1) is 13.1 Å². The Morgan fingerprint density at radius 2 is 1.97 bits per heavy atom. The lowest BCUT2D eigenvalue weighted by atomic mass is 9.83. The van der Waals surface area contributed by atoms with E-state index in [0.29, 0.717) is 36.7 Å². The van der Waals surface area contributed by atoms with E-state index >= 15 is 0 Å². The highest BCUT2D eigenvalue weighted by molar-refractivity contribution is 6.28. The molecule has 2 fully saturated rings. The molecule has 0 aliphatic carbocycles. The number of aromatic nitrogens is 1. The number of halogens is 1. The van der Waals surface area contributed by atoms with Crippen LogP contribution in [0, 0.1) is 5.92 Å². The van der Waals surface area contributed by atoms with Crippen LogP contribution in [-0.4, -0.2) is 53.0 Å². The maximum absolute atomic E-state index is 13.2. The Bertz CT molecular complexity index is 985. The van der Waals surface area contributed by atoms with Crippen molar-refractivity contribution in [3.05, 3.63) is 56.9 Å². The summed E-state index contributed by atoms with van der Waals surface area (Å²) in [5.41, 5.74) is 2.02. The fraction of sp³-hybridized carbons (Fsp3) is 0.524. The van der Waals surface area contributed by atoms with Gasteiger partial charge in [0.1, 0.15) is 5.76 Å². The third-order valence-corrected chi connectivity index (χ3v) is 6.48. The van der Waals surface area contributed by atoms with Crippen LogP contribution in [-0.2, 0) is 24.4 Å². The molecular weight excluding hydrogens is 392 g/mol. The Morgan fingerprint density at radius 3 is 2.76 bits per heavy atom. The fourth-order valence-corrected chi connectivity index (χ4v) is 5.23. The maximum atomic E-state index is 13.2. The molecule has 5 rings (SSSR count). The number of furan rings is 1. The van der Waals surface area contributed by atoms with Gasteiger partial charge in [0.15, 0.2) is 5.22 Å². The number of piperidine rings is 1. The Hall–Kier alpha value is -2.09. The van der Waals surface area contributed by atoms with E-state index in [4.69, 9.17) is 16.0 Å². The molecule has 2 aromatic heterocycles. The predicted molar refractivity (Wildman–Crippen MR) is 109 cm³/mol. The number of rotatable bonds is 4. The van der Waals surface area contributed by atoms with Crippen molar-refractivity contribution in [1.82, 2.24) is 19.7 Å². The van der Waals surface area contributed by atoms with E-state index in [0.717, 1.165) is 56.2 Å². The van der Waals surface area contributed by atoms with E-state index in [-0.39, 0.29) is 11.5 Å². The van der Waals surface area contributed by atoms with Gasteiger partial charge in [-0.2, -0.15) is 0 Å². The van der Waals surface area contributed by atoms with Crippen molar-refractivity contribution in [3.63, 3.8) is 0 Å². The summed E-state index contributed by atoms with van der Waals surface area (Å²) in [5.74, 6) is 1.73. The summed E-state index contributed by atoms with van der Waals surface area (Å²) in [5, 5.41) is 3.25. The van der Waals surface area contributed by atoms with Gasteiger partial charge in [0.2, 0.25) is 5.91 Å². The topological polar surface area (TPSA) is 70.7 Å². The standard InChI is InChI=1S/C21H25ClN4O3/c22-19-4-2-17(29-19)12-25-8-14-7-16(11-25)18-3-1-15(21(28)26(18)9-14)10-24-6-5-23-20(27)13-24/h1-4,14,16H,5-13H2,(H,23,27)/t14-,16+/m0/s1. The molecule has 1 N–H and O–H groups in total. The normalized spacial score (nSPS) is 24.9. The van der Waals surface area contributed by atoms with Crippen LogP contribution in [0.1, 0.15) is 29.4 Å². The van der Waals surface area contributed by atoms with Crippen LogP contribution in [0.2, 0.25) is 5.22 Å². The summed E-state index contributed by atoms with van der Waals surface area (Å²) in [4.78, 5) is 29.2. The van der Waals surface area contributed by atoms with Gasteiger partial charge >= 0.3 is 0 Å². The number of carbonyl (C=O) groups excluding carboxylic acids is 1. The van der Waals surface area contributed by atoms with Gasteiger partial charge in [0, 0.05) is 56.4 Å². The number of carbonyl (C=O) groups is 1. The molecular formula is C21H25ClN4O3. The van der Waals surface area contributed by atoms with Crippen LogP contribution < -0.4 is 10.9 Å². The minimum atomic E-state index is 0.0294. The summed E-state index contributed by atoms with van der Waals surface area (Å²) in [6, 6.07) is 7.80. The molecule has 2 saturated heterocycles. The molecule has 0 unspecified atom stereocenters. The van der Waals surface area contributed by atoms with Gasteiger partial charge in [-0.05, 0) is 42.1 Å². The maximum Gasteiger partial charge on any atom is 0.255 e. The Morgan fingerprint density at radius 1 is 1.07 bits per heavy atom. The van der Waals surface area contributed by atoms with E-state index in [2.05, 4.69) is 16.3 Å². The number of nitrogens with one attached hydrogen (secondary N) is 1. The number of hydrogen-bond acceptors (Lipinski definition) is 5. The zero-order valence-corrected chi connectivity index (χ0v) is 17.0. The summed E-state index contributed by atoms with van der Waals surface area (Å²) < 4.78 is 7.51. The number of nitrogens with zero attached hydrogens (tertiary/aromatic N) is 3. The first kappa shape index (κ1) is 18.9. The summed E-state index contributed by atoms with van der Waals surface area (Å²) >= 11 is 5.90. The summed E-state index contributed by atoms with van der Waals surface area (Å²) in [7, 11) is 0. The molecule has 2 bridgehead atoms. The van der Waals surface area contributed by atoms with Gasteiger partial charge in [-0.25, -0.2) is 0 Å². The first-order chi connectivity index (χ1) is 14.0. The van der Waals surface area contributed by atoms with E-state index < -0.39 is 0 Å². The highest BCUT2D eigenvalue weighted by Gasteiger charge is 2.35. The van der Waals surface area contributed by atoms with Gasteiger partial charge in [0.25, 0.3) is 5.56 Å². The quantitative estimate of drug-likeness (QED) is 0.820. The molecule has 8 heteroatoms. The molecule has 3 aliphatic rings. The number of fused-ring (bicyclic) bond motifs is 4. The van der Waals surface area contributed by atoms with Crippen molar-refractivity contribution < 1.29 is 9.21 Å². The van der Waals surface area contributed by atoms with Gasteiger partial charge in [-0.3, -0.25) is 19.4 Å². The van der Waals surface area contributed by atoms with E-state index in [1.807, 2.05) is 21.6 Å². The summed E-state index contributed by atoms with van der Waals surface area (Å²) in [6.45, 7) is 5.70. The molecule has 0 radical (unpaired) electrons. The van der Waals surface area contributed by atoms with E-state index in [9.17, 15) is 9.59 Å². The molecule has 0 aromatic carbocycles. The van der Waals surface area contributed by atoms with Crippen molar-refractivity contribution in [2.75, 3.05) is 32.7 Å². The monoisotopic (exact) mass is 416 g/mol. The Balaban J connectivity index is 1.33. The predicted octanol–water partition coefficient (Wildman–Crippen LogP) is 1.65. The lowest BCUT2D eigenvalue weighted by Gasteiger charge is -2.42. The van der Waals surface area contributed by atoms with Crippen molar-refractivity contribution in [3.8, 4) is 0 Å². The first-order valence-electron chi connectivity index (χ1n) is 10.2. The van der Waals surface area contributed by atoms with Crippen LogP contribution in [0.15, 0.2) is 33.5 Å². The molecule has 7 nitrogen and oxygen atoms in total. The fourth-order valence-electron chi connectivity index (χ4n) is 5.06. The second-order valence-corrected chi connectivity index (χ2v) is 8.83. The van der Waals surface area contributed by atoms with Crippen molar-refractivity contribution in [2.45, 2.75) is 32.0 Å². The van der Waals surface area contributed by atoms with Crippen LogP contribution in [0.5, 0.6) is 0 Å². The van der Waals surface area contributed by atoms with Crippen LogP contribution >= 0.6 is 11.6 Å². The minimum absolute atomic E-state index is 0.0294. The average molecular weight is 417 g/mol. The highest BCUT2D eigenvalue weighted by atomic mass is 35.5. The van der Waals surface area contributed by atoms with Gasteiger partial charge < -0.3 is 14.3 Å². The van der Waals surface area contributed by atoms with Crippen molar-refractivity contribution in [2.24, 2.45) is 5.92 Å². The molecule has 154 valence electrons. The molecule has 1 amide bonds. The molecule has 0 spiro atoms. The third-order valence-electron chi connectivity index (χ3n) is 6.28. The zero-order chi connectivity index (χ0) is 20.0. The number of likely N-dealkylation sites (tertiary alicyclic amines) is 1. The Kier molecular flexibility index (Phi) is 4.97. The van der Waals surface area contributed by atoms with E-state index in [1.54, 1.807) is 6.07 Å². The molecule has 29 heavy (non-hydrogen) atoms. The second-order valence-electron chi connectivity index (χ2n) is 8.46. The van der Waals surface area contributed by atoms with Crippen LogP contribution in [0.3, 0.4) is 0 Å². The first-order valence-corrected chi connectivity index (χ1v) is 10.6. The molecule has 5 heterocycles. The second kappa shape index (κ2) is 7.63. The molecule has 3 aliphatic heterocycles. The third kappa shape index (κ3) is 3.86. The molecule has 2 aromatic rings. The number of amides is 1. The molecule has 0 saturated carbocycles. The SMILES string of the molecule is O=C1CN(Cc2ccc3n(c2=O)C[C@H]2C[C@@H]3CN(Cc3ccc(Cl)o3)C2)CCN1. The van der Waals surface area contributed by atoms with Gasteiger partial charge in [-0.15, -0.1) is 0 Å². The zero-order valence-electron chi connectivity index (χ0n) is 16.3. The van der Waals surface area contributed by atoms with Gasteiger partial charge in [-0.1, -0.05) is 6.07 Å². The number of piperazine rings is 1. The minimum Gasteiger partial charge on any atom is -0.448 e. The van der Waals surface area contributed by atoms with Crippen LogP contribution in [0.25, 0.3) is 0 Å². The lowest BCUT2D eigenvalue weighted by Crippen LogP contribution is -2.49.